The molecule has 0 radical (unpaired) electrons. The molecule has 1 N–H and O–H groups in total. The van der Waals surface area contributed by atoms with Gasteiger partial charge in [0, 0.05) is 4.88 Å². The van der Waals surface area contributed by atoms with Crippen LogP contribution in [-0.4, -0.2) is 16.6 Å². The fourth-order valence-corrected chi connectivity index (χ4v) is 4.23. The number of carbonyl (C=O) groups is 1. The number of hydrogen-bond donors (Lipinski definition) is 1. The zero-order valence-corrected chi connectivity index (χ0v) is 16.3. The van der Waals surface area contributed by atoms with Crippen LogP contribution in [0.2, 0.25) is 0 Å². The number of fused-ring (bicyclic) bond motifs is 1. The SMILES string of the molecule is Cc1ccc(C(NC(=O)CSc2nc3ccccc3o2)c2cccs2)cc1. The maximum Gasteiger partial charge on any atom is 0.257 e. The van der Waals surface area contributed by atoms with Crippen LogP contribution in [0, 0.1) is 6.92 Å². The van der Waals surface area contributed by atoms with Gasteiger partial charge in [-0.3, -0.25) is 4.79 Å². The first-order chi connectivity index (χ1) is 13.2. The number of oxazole rings is 1. The smallest absolute Gasteiger partial charge is 0.257 e. The highest BCUT2D eigenvalue weighted by molar-refractivity contribution is 7.99. The van der Waals surface area contributed by atoms with Crippen LogP contribution in [0.5, 0.6) is 0 Å². The molecule has 0 aliphatic heterocycles. The first kappa shape index (κ1) is 17.8. The highest BCUT2D eigenvalue weighted by atomic mass is 32.2. The molecule has 0 aliphatic carbocycles. The van der Waals surface area contributed by atoms with E-state index in [4.69, 9.17) is 4.42 Å². The fourth-order valence-electron chi connectivity index (χ4n) is 2.78. The number of thiophene rings is 1. The molecular formula is C21H18N2O2S2. The molecule has 1 amide bonds. The standard InChI is InChI=1S/C21H18N2O2S2/c1-14-8-10-15(11-9-14)20(18-7-4-12-26-18)23-19(24)13-27-21-22-16-5-2-3-6-17(16)25-21/h2-12,20H,13H2,1H3,(H,23,24). The number of para-hydroxylation sites is 2. The lowest BCUT2D eigenvalue weighted by atomic mass is 10.0. The van der Waals surface area contributed by atoms with E-state index in [1.807, 2.05) is 41.8 Å². The van der Waals surface area contributed by atoms with Crippen molar-refractivity contribution in [3.63, 3.8) is 0 Å². The number of carbonyl (C=O) groups excluding carboxylic acids is 1. The molecule has 27 heavy (non-hydrogen) atoms. The third-order valence-corrected chi connectivity index (χ3v) is 5.91. The molecule has 0 saturated carbocycles. The van der Waals surface area contributed by atoms with Crippen molar-refractivity contribution in [3.8, 4) is 0 Å². The fraction of sp³-hybridized carbons (Fsp3) is 0.143. The summed E-state index contributed by atoms with van der Waals surface area (Å²) in [5.74, 6) is 0.196. The second kappa shape index (κ2) is 7.98. The largest absolute Gasteiger partial charge is 0.431 e. The topological polar surface area (TPSA) is 55.1 Å². The van der Waals surface area contributed by atoms with Crippen molar-refractivity contribution in [1.29, 1.82) is 0 Å². The molecule has 0 spiro atoms. The second-order valence-corrected chi connectivity index (χ2v) is 8.07. The quantitative estimate of drug-likeness (QED) is 0.457. The van der Waals surface area contributed by atoms with Crippen LogP contribution in [0.1, 0.15) is 22.0 Å². The summed E-state index contributed by atoms with van der Waals surface area (Å²) < 4.78 is 5.67. The van der Waals surface area contributed by atoms with E-state index in [-0.39, 0.29) is 17.7 Å². The van der Waals surface area contributed by atoms with Gasteiger partial charge in [-0.25, -0.2) is 4.98 Å². The molecule has 4 rings (SSSR count). The van der Waals surface area contributed by atoms with Gasteiger partial charge in [0.05, 0.1) is 11.8 Å². The third kappa shape index (κ3) is 4.23. The van der Waals surface area contributed by atoms with Gasteiger partial charge >= 0.3 is 0 Å². The number of hydrogen-bond acceptors (Lipinski definition) is 5. The maximum atomic E-state index is 12.6. The summed E-state index contributed by atoms with van der Waals surface area (Å²) in [6.07, 6.45) is 0. The van der Waals surface area contributed by atoms with Gasteiger partial charge in [-0.15, -0.1) is 11.3 Å². The zero-order valence-electron chi connectivity index (χ0n) is 14.7. The average molecular weight is 395 g/mol. The Kier molecular flexibility index (Phi) is 5.27. The van der Waals surface area contributed by atoms with E-state index in [1.54, 1.807) is 11.3 Å². The number of aryl methyl sites for hydroxylation is 1. The predicted molar refractivity (Wildman–Crippen MR) is 110 cm³/mol. The number of benzene rings is 2. The van der Waals surface area contributed by atoms with Gasteiger partial charge < -0.3 is 9.73 Å². The van der Waals surface area contributed by atoms with Gasteiger partial charge in [-0.2, -0.15) is 0 Å². The lowest BCUT2D eigenvalue weighted by Crippen LogP contribution is -2.30. The molecule has 2 aromatic carbocycles. The van der Waals surface area contributed by atoms with Crippen molar-refractivity contribution in [3.05, 3.63) is 82.0 Å². The Morgan fingerprint density at radius 2 is 1.96 bits per heavy atom. The Labute approximate surface area is 165 Å². The summed E-state index contributed by atoms with van der Waals surface area (Å²) in [5, 5.41) is 5.67. The van der Waals surface area contributed by atoms with Gasteiger partial charge in [0.2, 0.25) is 5.91 Å². The minimum atomic E-state index is -0.151. The summed E-state index contributed by atoms with van der Waals surface area (Å²) in [5.41, 5.74) is 3.80. The van der Waals surface area contributed by atoms with E-state index in [1.165, 1.54) is 17.3 Å². The van der Waals surface area contributed by atoms with Crippen molar-refractivity contribution in [1.82, 2.24) is 10.3 Å². The Morgan fingerprint density at radius 1 is 1.15 bits per heavy atom. The van der Waals surface area contributed by atoms with Crippen LogP contribution in [0.3, 0.4) is 0 Å². The van der Waals surface area contributed by atoms with Crippen LogP contribution < -0.4 is 5.32 Å². The van der Waals surface area contributed by atoms with Crippen LogP contribution in [0.25, 0.3) is 11.1 Å². The lowest BCUT2D eigenvalue weighted by Gasteiger charge is -2.18. The number of aromatic nitrogens is 1. The zero-order chi connectivity index (χ0) is 18.6. The number of amides is 1. The molecule has 4 aromatic rings. The van der Waals surface area contributed by atoms with E-state index < -0.39 is 0 Å². The number of nitrogens with zero attached hydrogens (tertiary/aromatic N) is 1. The van der Waals surface area contributed by atoms with Crippen molar-refractivity contribution >= 4 is 40.1 Å². The van der Waals surface area contributed by atoms with E-state index in [2.05, 4.69) is 41.5 Å². The molecule has 136 valence electrons. The third-order valence-electron chi connectivity index (χ3n) is 4.14. The monoisotopic (exact) mass is 394 g/mol. The first-order valence-corrected chi connectivity index (χ1v) is 10.4. The molecule has 0 fully saturated rings. The highest BCUT2D eigenvalue weighted by Crippen LogP contribution is 2.27. The van der Waals surface area contributed by atoms with E-state index >= 15 is 0 Å². The van der Waals surface area contributed by atoms with E-state index in [0.29, 0.717) is 5.22 Å². The Hall–Kier alpha value is -2.57. The molecule has 1 atom stereocenters. The maximum absolute atomic E-state index is 12.6. The lowest BCUT2D eigenvalue weighted by molar-refractivity contribution is -0.119. The van der Waals surface area contributed by atoms with Gasteiger partial charge in [0.1, 0.15) is 5.52 Å². The molecule has 0 aliphatic rings. The van der Waals surface area contributed by atoms with Crippen molar-refractivity contribution in [2.45, 2.75) is 18.2 Å². The Morgan fingerprint density at radius 3 is 2.70 bits per heavy atom. The van der Waals surface area contributed by atoms with Gasteiger partial charge in [-0.1, -0.05) is 59.8 Å². The van der Waals surface area contributed by atoms with Gasteiger partial charge in [0.15, 0.2) is 5.58 Å². The molecule has 0 saturated heterocycles. The minimum absolute atomic E-state index is 0.0544. The summed E-state index contributed by atoms with van der Waals surface area (Å²) in [6.45, 7) is 2.06. The van der Waals surface area contributed by atoms with E-state index in [0.717, 1.165) is 21.5 Å². The average Bonchev–Trinajstić information content (AvgIpc) is 3.34. The molecule has 6 heteroatoms. The Balaban J connectivity index is 1.46. The normalized spacial score (nSPS) is 12.2. The summed E-state index contributed by atoms with van der Waals surface area (Å²) in [6, 6.07) is 19.7. The van der Waals surface area contributed by atoms with Crippen LogP contribution in [0.4, 0.5) is 0 Å². The van der Waals surface area contributed by atoms with Crippen molar-refractivity contribution in [2.75, 3.05) is 5.75 Å². The molecule has 2 aromatic heterocycles. The predicted octanol–water partition coefficient (Wildman–Crippen LogP) is 5.20. The molecular weight excluding hydrogens is 376 g/mol. The summed E-state index contributed by atoms with van der Waals surface area (Å²) in [4.78, 5) is 18.1. The van der Waals surface area contributed by atoms with Crippen LogP contribution in [0.15, 0.2) is 75.7 Å². The number of nitrogens with one attached hydrogen (secondary N) is 1. The van der Waals surface area contributed by atoms with Crippen LogP contribution in [-0.2, 0) is 4.79 Å². The molecule has 0 bridgehead atoms. The minimum Gasteiger partial charge on any atom is -0.431 e. The van der Waals surface area contributed by atoms with Crippen molar-refractivity contribution in [2.24, 2.45) is 0 Å². The molecule has 4 nitrogen and oxygen atoms in total. The summed E-state index contributed by atoms with van der Waals surface area (Å²) >= 11 is 2.94. The number of thioether (sulfide) groups is 1. The van der Waals surface area contributed by atoms with Crippen molar-refractivity contribution < 1.29 is 9.21 Å². The Bertz CT molecular complexity index is 1010. The summed E-state index contributed by atoms with van der Waals surface area (Å²) in [7, 11) is 0. The second-order valence-electron chi connectivity index (χ2n) is 6.16. The molecule has 1 unspecified atom stereocenters. The van der Waals surface area contributed by atoms with Crippen LogP contribution >= 0.6 is 23.1 Å². The number of rotatable bonds is 6. The molecule has 2 heterocycles. The van der Waals surface area contributed by atoms with E-state index in [9.17, 15) is 4.79 Å². The van der Waals surface area contributed by atoms with Gasteiger partial charge in [-0.05, 0) is 36.1 Å². The highest BCUT2D eigenvalue weighted by Gasteiger charge is 2.18. The first-order valence-electron chi connectivity index (χ1n) is 8.57. The van der Waals surface area contributed by atoms with Gasteiger partial charge in [0.25, 0.3) is 5.22 Å².